The van der Waals surface area contributed by atoms with Crippen molar-refractivity contribution >= 4 is 0 Å². The van der Waals surface area contributed by atoms with E-state index in [9.17, 15) is 0 Å². The summed E-state index contributed by atoms with van der Waals surface area (Å²) in [7, 11) is 0. The van der Waals surface area contributed by atoms with Crippen molar-refractivity contribution in [1.29, 1.82) is 0 Å². The summed E-state index contributed by atoms with van der Waals surface area (Å²) in [5.74, 6) is 8.88. The highest BCUT2D eigenvalue weighted by Crippen LogP contribution is 2.16. The van der Waals surface area contributed by atoms with Gasteiger partial charge in [0.25, 0.3) is 0 Å². The van der Waals surface area contributed by atoms with Gasteiger partial charge in [-0.25, -0.2) is 0 Å². The molecular weight excluding hydrogens is 232 g/mol. The average Bonchev–Trinajstić information content (AvgIpc) is 2.46. The summed E-state index contributed by atoms with van der Waals surface area (Å²) in [6.07, 6.45) is 10.9. The smallest absolute Gasteiger partial charge is 0.144 e. The molecule has 0 spiro atoms. The van der Waals surface area contributed by atoms with Crippen LogP contribution in [0.5, 0.6) is 0 Å². The minimum absolute atomic E-state index is 0.205. The Balaban J connectivity index is 2.51. The minimum Gasteiger partial charge on any atom is -0.348 e. The molecule has 1 rings (SSSR count). The van der Waals surface area contributed by atoms with E-state index in [1.807, 2.05) is 30.3 Å². The Morgan fingerprint density at radius 2 is 1.95 bits per heavy atom. The number of ether oxygens (including phenoxy) is 1. The summed E-state index contributed by atoms with van der Waals surface area (Å²) >= 11 is 0. The molecule has 19 heavy (non-hydrogen) atoms. The minimum atomic E-state index is -0.205. The maximum atomic E-state index is 5.60. The molecule has 1 heteroatoms. The van der Waals surface area contributed by atoms with Crippen molar-refractivity contribution in [1.82, 2.24) is 0 Å². The Hall–Kier alpha value is -1.70. The second-order valence-electron chi connectivity index (χ2n) is 4.44. The summed E-state index contributed by atoms with van der Waals surface area (Å²) in [6, 6.07) is 10.0. The summed E-state index contributed by atoms with van der Waals surface area (Å²) in [5, 5.41) is 0. The lowest BCUT2D eigenvalue weighted by atomic mass is 10.1. The zero-order chi connectivity index (χ0) is 13.8. The largest absolute Gasteiger partial charge is 0.348 e. The third kappa shape index (κ3) is 6.70. The van der Waals surface area contributed by atoms with Gasteiger partial charge in [0.05, 0.1) is 0 Å². The quantitative estimate of drug-likeness (QED) is 0.519. The van der Waals surface area contributed by atoms with Crippen LogP contribution in [-0.2, 0) is 4.74 Å². The van der Waals surface area contributed by atoms with Gasteiger partial charge in [0, 0.05) is 6.42 Å². The SMILES string of the molecule is C#CCOC(C#CCCCCCC)c1ccccc1. The Morgan fingerprint density at radius 1 is 1.16 bits per heavy atom. The Morgan fingerprint density at radius 3 is 2.63 bits per heavy atom. The number of unbranched alkanes of at least 4 members (excludes halogenated alkanes) is 4. The zero-order valence-electron chi connectivity index (χ0n) is 11.7. The standard InChI is InChI=1S/C18H22O/c1-3-5-6-7-8-12-15-18(19-16-4-2)17-13-10-9-11-14-17/h2,9-11,13-14,18H,3,5-8,16H2,1H3. The van der Waals surface area contributed by atoms with Gasteiger partial charge in [-0.3, -0.25) is 0 Å². The van der Waals surface area contributed by atoms with Crippen LogP contribution in [0.2, 0.25) is 0 Å². The molecule has 0 fully saturated rings. The molecule has 0 bridgehead atoms. The molecule has 0 saturated heterocycles. The molecule has 0 amide bonds. The van der Waals surface area contributed by atoms with Crippen LogP contribution in [0.1, 0.15) is 50.7 Å². The summed E-state index contributed by atoms with van der Waals surface area (Å²) in [5.41, 5.74) is 1.07. The normalized spacial score (nSPS) is 11.2. The Kier molecular flexibility index (Phi) is 8.28. The molecule has 0 aliphatic rings. The molecule has 0 heterocycles. The average molecular weight is 254 g/mol. The number of hydrogen-bond acceptors (Lipinski definition) is 1. The van der Waals surface area contributed by atoms with Crippen molar-refractivity contribution in [2.75, 3.05) is 6.61 Å². The van der Waals surface area contributed by atoms with Gasteiger partial charge in [-0.1, -0.05) is 68.4 Å². The molecule has 1 aromatic carbocycles. The zero-order valence-corrected chi connectivity index (χ0v) is 11.7. The fourth-order valence-electron chi connectivity index (χ4n) is 1.79. The molecule has 0 aliphatic heterocycles. The van der Waals surface area contributed by atoms with E-state index in [-0.39, 0.29) is 6.10 Å². The van der Waals surface area contributed by atoms with Crippen LogP contribution in [0, 0.1) is 24.2 Å². The van der Waals surface area contributed by atoms with E-state index in [1.165, 1.54) is 19.3 Å². The third-order valence-corrected chi connectivity index (χ3v) is 2.82. The van der Waals surface area contributed by atoms with E-state index in [4.69, 9.17) is 11.2 Å². The van der Waals surface area contributed by atoms with Crippen LogP contribution in [0.4, 0.5) is 0 Å². The lowest BCUT2D eigenvalue weighted by Crippen LogP contribution is -2.02. The molecule has 1 nitrogen and oxygen atoms in total. The second-order valence-corrected chi connectivity index (χ2v) is 4.44. The monoisotopic (exact) mass is 254 g/mol. The molecule has 1 aromatic rings. The fraction of sp³-hybridized carbons (Fsp3) is 0.444. The second kappa shape index (κ2) is 10.2. The van der Waals surface area contributed by atoms with Crippen LogP contribution in [0.25, 0.3) is 0 Å². The summed E-state index contributed by atoms with van der Waals surface area (Å²) in [4.78, 5) is 0. The lowest BCUT2D eigenvalue weighted by Gasteiger charge is -2.10. The molecule has 1 atom stereocenters. The van der Waals surface area contributed by atoms with Gasteiger partial charge in [-0.2, -0.15) is 0 Å². The van der Waals surface area contributed by atoms with E-state index >= 15 is 0 Å². The van der Waals surface area contributed by atoms with Crippen LogP contribution in [0.3, 0.4) is 0 Å². The van der Waals surface area contributed by atoms with Gasteiger partial charge in [0.2, 0.25) is 0 Å². The van der Waals surface area contributed by atoms with Gasteiger partial charge in [-0.15, -0.1) is 12.3 Å². The third-order valence-electron chi connectivity index (χ3n) is 2.82. The van der Waals surface area contributed by atoms with Gasteiger partial charge in [-0.05, 0) is 12.0 Å². The first-order chi connectivity index (χ1) is 9.38. The first kappa shape index (κ1) is 15.4. The number of hydrogen-bond donors (Lipinski definition) is 0. The van der Waals surface area contributed by atoms with E-state index in [2.05, 4.69) is 24.7 Å². The van der Waals surface area contributed by atoms with Crippen LogP contribution in [0.15, 0.2) is 30.3 Å². The predicted octanol–water partition coefficient (Wildman–Crippen LogP) is 4.35. The maximum absolute atomic E-state index is 5.60. The molecule has 1 unspecified atom stereocenters. The van der Waals surface area contributed by atoms with E-state index in [0.717, 1.165) is 18.4 Å². The van der Waals surface area contributed by atoms with E-state index in [1.54, 1.807) is 0 Å². The summed E-state index contributed by atoms with van der Waals surface area (Å²) < 4.78 is 5.60. The van der Waals surface area contributed by atoms with Crippen molar-refractivity contribution in [3.63, 3.8) is 0 Å². The molecule has 0 aromatic heterocycles. The highest BCUT2D eigenvalue weighted by molar-refractivity contribution is 5.25. The van der Waals surface area contributed by atoms with E-state index < -0.39 is 0 Å². The van der Waals surface area contributed by atoms with Crippen molar-refractivity contribution < 1.29 is 4.74 Å². The van der Waals surface area contributed by atoms with E-state index in [0.29, 0.717) is 6.61 Å². The highest BCUT2D eigenvalue weighted by Gasteiger charge is 2.06. The first-order valence-corrected chi connectivity index (χ1v) is 6.97. The van der Waals surface area contributed by atoms with Crippen LogP contribution in [-0.4, -0.2) is 6.61 Å². The molecule has 0 N–H and O–H groups in total. The Bertz CT molecular complexity index is 430. The predicted molar refractivity (Wildman–Crippen MR) is 80.5 cm³/mol. The lowest BCUT2D eigenvalue weighted by molar-refractivity contribution is 0.121. The molecule has 100 valence electrons. The molecular formula is C18H22O. The van der Waals surface area contributed by atoms with Crippen molar-refractivity contribution in [3.05, 3.63) is 35.9 Å². The Labute approximate surface area is 117 Å². The molecule has 0 radical (unpaired) electrons. The topological polar surface area (TPSA) is 9.23 Å². The van der Waals surface area contributed by atoms with Crippen LogP contribution < -0.4 is 0 Å². The first-order valence-electron chi connectivity index (χ1n) is 6.97. The fourth-order valence-corrected chi connectivity index (χ4v) is 1.79. The van der Waals surface area contributed by atoms with Gasteiger partial charge in [0.1, 0.15) is 12.7 Å². The number of benzene rings is 1. The highest BCUT2D eigenvalue weighted by atomic mass is 16.5. The van der Waals surface area contributed by atoms with Gasteiger partial charge in [0.15, 0.2) is 0 Å². The summed E-state index contributed by atoms with van der Waals surface area (Å²) in [6.45, 7) is 2.51. The van der Waals surface area contributed by atoms with Crippen molar-refractivity contribution in [2.24, 2.45) is 0 Å². The number of terminal acetylenes is 1. The molecule has 0 saturated carbocycles. The maximum Gasteiger partial charge on any atom is 0.144 e. The van der Waals surface area contributed by atoms with Gasteiger partial charge >= 0.3 is 0 Å². The molecule has 0 aliphatic carbocycles. The van der Waals surface area contributed by atoms with Crippen molar-refractivity contribution in [3.8, 4) is 24.2 Å². The number of rotatable bonds is 7. The van der Waals surface area contributed by atoms with Crippen LogP contribution >= 0.6 is 0 Å². The van der Waals surface area contributed by atoms with Gasteiger partial charge < -0.3 is 4.74 Å². The van der Waals surface area contributed by atoms with Crippen molar-refractivity contribution in [2.45, 2.75) is 45.1 Å².